The minimum Gasteiger partial charge on any atom is -0.591 e. The van der Waals surface area contributed by atoms with Crippen molar-refractivity contribution in [3.8, 4) is 0 Å². The van der Waals surface area contributed by atoms with Crippen LogP contribution in [0.4, 0.5) is 9.18 Å². The molecule has 0 aromatic heterocycles. The van der Waals surface area contributed by atoms with Crippen LogP contribution in [-0.2, 0) is 11.4 Å². The Morgan fingerprint density at radius 1 is 1.06 bits per heavy atom. The zero-order valence-corrected chi connectivity index (χ0v) is 21.4. The van der Waals surface area contributed by atoms with Crippen molar-refractivity contribution >= 4 is 23.2 Å². The van der Waals surface area contributed by atoms with Gasteiger partial charge in [-0.1, -0.05) is 58.1 Å². The van der Waals surface area contributed by atoms with Crippen molar-refractivity contribution in [2.45, 2.75) is 92.5 Å². The number of hydrogen-bond donors (Lipinski definition) is 1. The molecule has 31 heavy (non-hydrogen) atoms. The summed E-state index contributed by atoms with van der Waals surface area (Å²) >= 11 is -1.54. The van der Waals surface area contributed by atoms with E-state index in [1.165, 1.54) is 17.0 Å². The molecule has 0 aliphatic heterocycles. The van der Waals surface area contributed by atoms with E-state index in [-0.39, 0.29) is 23.7 Å². The van der Waals surface area contributed by atoms with Crippen LogP contribution in [0.1, 0.15) is 81.2 Å². The van der Waals surface area contributed by atoms with Crippen LogP contribution in [0.5, 0.6) is 0 Å². The third-order valence-electron chi connectivity index (χ3n) is 5.51. The van der Waals surface area contributed by atoms with Gasteiger partial charge in [0.05, 0.1) is 0 Å². The molecule has 0 saturated carbocycles. The second-order valence-electron chi connectivity index (χ2n) is 11.2. The van der Waals surface area contributed by atoms with Gasteiger partial charge in [-0.2, -0.15) is 0 Å². The van der Waals surface area contributed by atoms with Crippen molar-refractivity contribution in [3.05, 3.63) is 35.6 Å². The molecule has 5 nitrogen and oxygen atoms in total. The summed E-state index contributed by atoms with van der Waals surface area (Å²) < 4.78 is 30.3. The lowest BCUT2D eigenvalue weighted by atomic mass is 9.78. The summed E-state index contributed by atoms with van der Waals surface area (Å²) in [6.07, 6.45) is -0.735. The molecular formula is C24H39FN2O3S. The van der Waals surface area contributed by atoms with Gasteiger partial charge in [0.25, 0.3) is 0 Å². The molecule has 176 valence electrons. The predicted octanol–water partition coefficient (Wildman–Crippen LogP) is 6.30. The number of halogens is 1. The van der Waals surface area contributed by atoms with E-state index in [4.69, 9.17) is 0 Å². The van der Waals surface area contributed by atoms with E-state index in [0.29, 0.717) is 11.3 Å². The maximum atomic E-state index is 13.5. The fraction of sp³-hybridized carbons (Fsp3) is 0.667. The maximum Gasteiger partial charge on any atom is 0.407 e. The molecule has 0 aliphatic carbocycles. The fourth-order valence-electron chi connectivity index (χ4n) is 3.08. The average Bonchev–Trinajstić information content (AvgIpc) is 2.57. The van der Waals surface area contributed by atoms with E-state index in [1.54, 1.807) is 12.1 Å². The lowest BCUT2D eigenvalue weighted by Crippen LogP contribution is -2.55. The van der Waals surface area contributed by atoms with Crippen LogP contribution < -0.4 is 0 Å². The molecule has 1 N–H and O–H groups in total. The molecule has 0 aliphatic rings. The number of carbonyl (C=O) groups is 1. The van der Waals surface area contributed by atoms with E-state index in [1.807, 2.05) is 69.2 Å². The molecule has 0 fully saturated rings. The Kier molecular flexibility index (Phi) is 8.76. The van der Waals surface area contributed by atoms with Crippen LogP contribution in [0.25, 0.3) is 0 Å². The van der Waals surface area contributed by atoms with Crippen molar-refractivity contribution in [3.63, 3.8) is 0 Å². The monoisotopic (exact) mass is 454 g/mol. The number of nitrogens with zero attached hydrogens (tertiary/aromatic N) is 2. The molecule has 1 amide bonds. The van der Waals surface area contributed by atoms with Crippen LogP contribution in [0.3, 0.4) is 0 Å². The predicted molar refractivity (Wildman–Crippen MR) is 127 cm³/mol. The quantitative estimate of drug-likeness (QED) is 0.405. The molecule has 1 unspecified atom stereocenters. The van der Waals surface area contributed by atoms with E-state index < -0.39 is 33.7 Å². The summed E-state index contributed by atoms with van der Waals surface area (Å²) in [4.78, 5) is 13.9. The molecule has 0 radical (unpaired) electrons. The smallest absolute Gasteiger partial charge is 0.407 e. The molecule has 0 bridgehead atoms. The highest BCUT2D eigenvalue weighted by atomic mass is 32.2. The number of carboxylic acid groups (broad SMARTS) is 1. The molecular weight excluding hydrogens is 415 g/mol. The molecule has 0 spiro atoms. The van der Waals surface area contributed by atoms with Gasteiger partial charge in [0.1, 0.15) is 27.6 Å². The molecule has 1 aromatic rings. The minimum atomic E-state index is -1.54. The highest BCUT2D eigenvalue weighted by Gasteiger charge is 2.41. The van der Waals surface area contributed by atoms with E-state index in [0.717, 1.165) is 0 Å². The fourth-order valence-corrected chi connectivity index (χ4v) is 3.73. The molecule has 1 rings (SSSR count). The first-order valence-electron chi connectivity index (χ1n) is 10.6. The molecule has 7 heteroatoms. The Morgan fingerprint density at radius 2 is 1.55 bits per heavy atom. The lowest BCUT2D eigenvalue weighted by Gasteiger charge is -2.46. The van der Waals surface area contributed by atoms with Crippen LogP contribution >= 0.6 is 0 Å². The number of rotatable bonds is 6. The van der Waals surface area contributed by atoms with Crippen LogP contribution in [-0.4, -0.2) is 43.2 Å². The zero-order valence-electron chi connectivity index (χ0n) is 20.6. The molecule has 3 atom stereocenters. The Morgan fingerprint density at radius 3 is 1.90 bits per heavy atom. The van der Waals surface area contributed by atoms with Crippen LogP contribution in [0.2, 0.25) is 0 Å². The second kappa shape index (κ2) is 9.90. The van der Waals surface area contributed by atoms with E-state index in [2.05, 4.69) is 4.40 Å². The van der Waals surface area contributed by atoms with Crippen molar-refractivity contribution in [1.29, 1.82) is 0 Å². The Bertz CT molecular complexity index is 774. The summed E-state index contributed by atoms with van der Waals surface area (Å²) in [7, 11) is 0. The summed E-state index contributed by atoms with van der Waals surface area (Å²) in [5.74, 6) is -0.374. The summed E-state index contributed by atoms with van der Waals surface area (Å²) in [6.45, 7) is 19.4. The first-order chi connectivity index (χ1) is 13.9. The first kappa shape index (κ1) is 27.4. The molecule has 0 heterocycles. The third kappa shape index (κ3) is 7.79. The van der Waals surface area contributed by atoms with Gasteiger partial charge in [0.2, 0.25) is 0 Å². The molecule has 0 saturated heterocycles. The Balaban J connectivity index is 3.59. The highest BCUT2D eigenvalue weighted by molar-refractivity contribution is 7.91. The summed E-state index contributed by atoms with van der Waals surface area (Å²) in [5.41, 5.74) is 0.466. The van der Waals surface area contributed by atoms with Gasteiger partial charge in [-0.15, -0.1) is 0 Å². The largest absolute Gasteiger partial charge is 0.591 e. The van der Waals surface area contributed by atoms with Crippen LogP contribution in [0.15, 0.2) is 28.7 Å². The second-order valence-corrected chi connectivity index (χ2v) is 13.1. The van der Waals surface area contributed by atoms with E-state index >= 15 is 0 Å². The highest BCUT2D eigenvalue weighted by Crippen LogP contribution is 2.35. The first-order valence-corrected chi connectivity index (χ1v) is 11.7. The van der Waals surface area contributed by atoms with Gasteiger partial charge in [-0.3, -0.25) is 0 Å². The van der Waals surface area contributed by atoms with E-state index in [9.17, 15) is 18.8 Å². The SMILES string of the molecule is C[C@H](N(C(=O)O)C(CC(=N[S@+]([O-])C(C)(C)C)c1ccc(F)cc1)C(C)(C)C)C(C)(C)C. The normalized spacial score (nSPS) is 16.6. The summed E-state index contributed by atoms with van der Waals surface area (Å²) in [6, 6.07) is 5.18. The van der Waals surface area contributed by atoms with Crippen molar-refractivity contribution in [1.82, 2.24) is 4.90 Å². The zero-order chi connectivity index (χ0) is 24.4. The lowest BCUT2D eigenvalue weighted by molar-refractivity contribution is 0.0279. The Labute approximate surface area is 190 Å². The van der Waals surface area contributed by atoms with Crippen LogP contribution in [0, 0.1) is 16.6 Å². The maximum absolute atomic E-state index is 13.5. The van der Waals surface area contributed by atoms with Gasteiger partial charge < -0.3 is 14.6 Å². The van der Waals surface area contributed by atoms with Gasteiger partial charge >= 0.3 is 6.09 Å². The Hall–Kier alpha value is -1.60. The van der Waals surface area contributed by atoms with Crippen molar-refractivity contribution in [2.75, 3.05) is 0 Å². The van der Waals surface area contributed by atoms with Crippen molar-refractivity contribution in [2.24, 2.45) is 15.2 Å². The van der Waals surface area contributed by atoms with Gasteiger partial charge in [0, 0.05) is 24.1 Å². The topological polar surface area (TPSA) is 76.0 Å². The average molecular weight is 455 g/mol. The standard InChI is InChI=1S/C24H39FN2O3S/c1-16(22(2,3)4)27(21(28)29)20(23(5,6)7)15-19(26-31(30)24(8,9)10)17-11-13-18(25)14-12-17/h11-14,16,20H,15H2,1-10H3,(H,28,29)/t16-,20?,31+/m0/s1. The third-order valence-corrected chi connectivity index (χ3v) is 6.94. The summed E-state index contributed by atoms with van der Waals surface area (Å²) in [5, 5.41) is 10.1. The number of hydrogen-bond acceptors (Lipinski definition) is 3. The van der Waals surface area contributed by atoms with Crippen molar-refractivity contribution < 1.29 is 18.8 Å². The number of amides is 1. The minimum absolute atomic E-state index is 0.267. The number of benzene rings is 1. The van der Waals surface area contributed by atoms with Gasteiger partial charge in [-0.05, 0) is 50.7 Å². The van der Waals surface area contributed by atoms with Gasteiger partial charge in [-0.25, -0.2) is 9.18 Å². The van der Waals surface area contributed by atoms with Gasteiger partial charge in [0.15, 0.2) is 0 Å². The molecule has 1 aromatic carbocycles.